The minimum absolute atomic E-state index is 0.241. The van der Waals surface area contributed by atoms with Crippen LogP contribution in [0.4, 0.5) is 5.82 Å². The van der Waals surface area contributed by atoms with E-state index < -0.39 is 9.84 Å². The number of nitrogen functional groups attached to an aromatic ring is 1. The minimum Gasteiger partial charge on any atom is -0.383 e. The number of aryl methyl sites for hydroxylation is 2. The summed E-state index contributed by atoms with van der Waals surface area (Å²) in [6.07, 6.45) is 10.6. The summed E-state index contributed by atoms with van der Waals surface area (Å²) in [5, 5.41) is 8.56. The smallest absolute Gasteiger partial charge is 0.181 e. The molecule has 37 heavy (non-hydrogen) atoms. The highest BCUT2D eigenvalue weighted by atomic mass is 32.2. The van der Waals surface area contributed by atoms with Gasteiger partial charge in [0.25, 0.3) is 0 Å². The lowest BCUT2D eigenvalue weighted by Gasteiger charge is -2.26. The molecule has 3 aliphatic rings. The van der Waals surface area contributed by atoms with Crippen LogP contribution in [-0.2, 0) is 22.7 Å². The lowest BCUT2D eigenvalue weighted by molar-refractivity contribution is 0.222. The van der Waals surface area contributed by atoms with E-state index in [0.717, 1.165) is 36.8 Å². The van der Waals surface area contributed by atoms with Gasteiger partial charge in [-0.2, -0.15) is 0 Å². The fourth-order valence-corrected chi connectivity index (χ4v) is 7.57. The monoisotopic (exact) mass is 514 g/mol. The number of likely N-dealkylation sites (tertiary alicyclic amines) is 1. The Labute approximate surface area is 219 Å². The van der Waals surface area contributed by atoms with E-state index in [4.69, 9.17) is 11.1 Å². The van der Waals surface area contributed by atoms with Gasteiger partial charge >= 0.3 is 0 Å². The summed E-state index contributed by atoms with van der Waals surface area (Å²) < 4.78 is 25.0. The van der Waals surface area contributed by atoms with Crippen LogP contribution in [0.25, 0.3) is 11.1 Å². The van der Waals surface area contributed by atoms with Gasteiger partial charge in [-0.1, -0.05) is 30.3 Å². The van der Waals surface area contributed by atoms with Crippen LogP contribution in [0.15, 0.2) is 59.6 Å². The standard InChI is InChI=1S/C30H34N4O2S/c31-29(21-7-11-26(12-8-21)37(35,36)27-13-14-27)28-18-24(19-33-30(28)32)23-4-3-20-5-9-25(10-6-22(20)17-23)34-15-1-2-16-34/h3-4,7-8,11-12,17-19,25,27,31H,1-2,5-6,9-10,13-16H2,(H2,32,33)/t25-/m0/s1. The lowest BCUT2D eigenvalue weighted by atomic mass is 9.95. The predicted molar refractivity (Wildman–Crippen MR) is 148 cm³/mol. The average Bonchev–Trinajstić information content (AvgIpc) is 3.69. The van der Waals surface area contributed by atoms with Gasteiger partial charge in [0, 0.05) is 28.9 Å². The maximum absolute atomic E-state index is 12.5. The topological polar surface area (TPSA) is 100 Å². The quantitative estimate of drug-likeness (QED) is 0.355. The first-order valence-electron chi connectivity index (χ1n) is 13.4. The molecule has 2 aromatic carbocycles. The third-order valence-corrected chi connectivity index (χ3v) is 10.6. The molecule has 6 rings (SSSR count). The van der Waals surface area contributed by atoms with Crippen LogP contribution in [0.2, 0.25) is 0 Å². The third-order valence-electron chi connectivity index (χ3n) is 8.31. The van der Waals surface area contributed by atoms with E-state index >= 15 is 0 Å². The van der Waals surface area contributed by atoms with Crippen molar-refractivity contribution in [2.75, 3.05) is 18.8 Å². The summed E-state index contributed by atoms with van der Waals surface area (Å²) in [5.41, 5.74) is 12.5. The number of nitrogens with one attached hydrogen (secondary N) is 1. The Kier molecular flexibility index (Phi) is 6.37. The van der Waals surface area contributed by atoms with Crippen molar-refractivity contribution in [1.82, 2.24) is 9.88 Å². The van der Waals surface area contributed by atoms with Crippen molar-refractivity contribution < 1.29 is 8.42 Å². The fourth-order valence-electron chi connectivity index (χ4n) is 5.91. The molecule has 7 heteroatoms. The Morgan fingerprint density at radius 2 is 1.59 bits per heavy atom. The summed E-state index contributed by atoms with van der Waals surface area (Å²) in [6, 6.07) is 15.9. The van der Waals surface area contributed by atoms with Crippen molar-refractivity contribution in [3.05, 3.63) is 77.0 Å². The van der Waals surface area contributed by atoms with Crippen LogP contribution in [-0.4, -0.2) is 48.4 Å². The summed E-state index contributed by atoms with van der Waals surface area (Å²) in [6.45, 7) is 2.49. The zero-order chi connectivity index (χ0) is 25.6. The molecule has 1 saturated heterocycles. The Morgan fingerprint density at radius 1 is 0.892 bits per heavy atom. The number of benzene rings is 2. The van der Waals surface area contributed by atoms with E-state index in [0.29, 0.717) is 27.9 Å². The number of hydrogen-bond acceptors (Lipinski definition) is 6. The zero-order valence-corrected chi connectivity index (χ0v) is 21.9. The van der Waals surface area contributed by atoms with Crippen molar-refractivity contribution >= 4 is 21.4 Å². The second-order valence-electron chi connectivity index (χ2n) is 10.8. The van der Waals surface area contributed by atoms with Gasteiger partial charge in [0.15, 0.2) is 9.84 Å². The van der Waals surface area contributed by atoms with Gasteiger partial charge in [0.2, 0.25) is 0 Å². The molecule has 3 N–H and O–H groups in total. The molecule has 6 nitrogen and oxygen atoms in total. The van der Waals surface area contributed by atoms with Gasteiger partial charge < -0.3 is 10.6 Å². The predicted octanol–water partition coefficient (Wildman–Crippen LogP) is 5.03. The molecule has 3 aromatic rings. The molecular formula is C30H34N4O2S. The van der Waals surface area contributed by atoms with Crippen molar-refractivity contribution in [2.24, 2.45) is 0 Å². The first-order chi connectivity index (χ1) is 17.9. The number of nitrogens with two attached hydrogens (primary N) is 1. The first kappa shape index (κ1) is 24.3. The zero-order valence-electron chi connectivity index (χ0n) is 21.1. The molecule has 0 amide bonds. The summed E-state index contributed by atoms with van der Waals surface area (Å²) in [4.78, 5) is 7.43. The number of pyridine rings is 1. The molecular weight excluding hydrogens is 480 g/mol. The van der Waals surface area contributed by atoms with E-state index in [1.165, 1.54) is 49.9 Å². The number of aromatic nitrogens is 1. The number of sulfone groups is 1. The molecule has 0 bridgehead atoms. The van der Waals surface area contributed by atoms with Crippen LogP contribution >= 0.6 is 0 Å². The number of nitrogens with zero attached hydrogens (tertiary/aromatic N) is 2. The van der Waals surface area contributed by atoms with Crippen molar-refractivity contribution in [3.8, 4) is 11.1 Å². The lowest BCUT2D eigenvalue weighted by Crippen LogP contribution is -2.32. The highest BCUT2D eigenvalue weighted by Gasteiger charge is 2.36. The van der Waals surface area contributed by atoms with Crippen molar-refractivity contribution in [2.45, 2.75) is 67.6 Å². The third kappa shape index (κ3) is 4.82. The number of hydrogen-bond donors (Lipinski definition) is 2. The Hall–Kier alpha value is -3.03. The van der Waals surface area contributed by atoms with E-state index in [1.807, 2.05) is 6.07 Å². The fraction of sp³-hybridized carbons (Fsp3) is 0.400. The second kappa shape index (κ2) is 9.69. The molecule has 0 radical (unpaired) electrons. The summed E-state index contributed by atoms with van der Waals surface area (Å²) >= 11 is 0. The summed E-state index contributed by atoms with van der Waals surface area (Å²) in [7, 11) is -3.25. The van der Waals surface area contributed by atoms with Gasteiger partial charge in [-0.3, -0.25) is 5.41 Å². The van der Waals surface area contributed by atoms with Gasteiger partial charge in [-0.25, -0.2) is 13.4 Å². The highest BCUT2D eigenvalue weighted by Crippen LogP contribution is 2.34. The van der Waals surface area contributed by atoms with Gasteiger partial charge in [-0.15, -0.1) is 0 Å². The number of anilines is 1. The largest absolute Gasteiger partial charge is 0.383 e. The van der Waals surface area contributed by atoms with E-state index in [-0.39, 0.29) is 11.0 Å². The average molecular weight is 515 g/mol. The Balaban J connectivity index is 1.23. The number of rotatable bonds is 6. The molecule has 2 fully saturated rings. The summed E-state index contributed by atoms with van der Waals surface area (Å²) in [5.74, 6) is 0.298. The normalized spacial score (nSPS) is 20.4. The van der Waals surface area contributed by atoms with Gasteiger partial charge in [0.05, 0.1) is 15.9 Å². The first-order valence-corrected chi connectivity index (χ1v) is 15.0. The SMILES string of the molecule is N=C(c1ccc(S(=O)(=O)C2CC2)cc1)c1cc(-c2ccc3c(c2)CC[C@@H](N2CCCC2)CC3)cnc1N. The van der Waals surface area contributed by atoms with Crippen LogP contribution in [0.3, 0.4) is 0 Å². The van der Waals surface area contributed by atoms with E-state index in [2.05, 4.69) is 28.1 Å². The van der Waals surface area contributed by atoms with Crippen LogP contribution < -0.4 is 5.73 Å². The molecule has 2 aliphatic carbocycles. The molecule has 1 aromatic heterocycles. The van der Waals surface area contributed by atoms with E-state index in [1.54, 1.807) is 30.5 Å². The maximum atomic E-state index is 12.5. The van der Waals surface area contributed by atoms with Crippen molar-refractivity contribution in [3.63, 3.8) is 0 Å². The Morgan fingerprint density at radius 3 is 2.30 bits per heavy atom. The van der Waals surface area contributed by atoms with Crippen LogP contribution in [0, 0.1) is 5.41 Å². The minimum atomic E-state index is -3.25. The molecule has 1 atom stereocenters. The molecule has 0 spiro atoms. The van der Waals surface area contributed by atoms with Crippen molar-refractivity contribution in [1.29, 1.82) is 5.41 Å². The number of fused-ring (bicyclic) bond motifs is 1. The van der Waals surface area contributed by atoms with Gasteiger partial charge in [0.1, 0.15) is 5.82 Å². The van der Waals surface area contributed by atoms with Crippen LogP contribution in [0.1, 0.15) is 60.8 Å². The molecule has 192 valence electrons. The molecule has 0 unspecified atom stereocenters. The van der Waals surface area contributed by atoms with E-state index in [9.17, 15) is 8.42 Å². The molecule has 1 aliphatic heterocycles. The van der Waals surface area contributed by atoms with Crippen LogP contribution in [0.5, 0.6) is 0 Å². The Bertz CT molecular complexity index is 1440. The molecule has 1 saturated carbocycles. The second-order valence-corrected chi connectivity index (χ2v) is 13.0. The molecule has 2 heterocycles. The maximum Gasteiger partial charge on any atom is 0.181 e. The van der Waals surface area contributed by atoms with Gasteiger partial charge in [-0.05, 0) is 99.3 Å². The highest BCUT2D eigenvalue weighted by molar-refractivity contribution is 7.92.